The first-order chi connectivity index (χ1) is 24.8. The summed E-state index contributed by atoms with van der Waals surface area (Å²) < 4.78 is 15.9. The Kier molecular flexibility index (Phi) is 12.0. The van der Waals surface area contributed by atoms with Crippen LogP contribution in [0.25, 0.3) is 34.2 Å². The van der Waals surface area contributed by atoms with E-state index >= 15 is 0 Å². The Balaban J connectivity index is 1.15. The van der Waals surface area contributed by atoms with Gasteiger partial charge in [0.05, 0.1) is 23.4 Å². The third kappa shape index (κ3) is 10.2. The molecule has 0 atom stereocenters. The van der Waals surface area contributed by atoms with Gasteiger partial charge in [-0.1, -0.05) is 56.9 Å². The molecular weight excluding hydrogens is 667 g/mol. The summed E-state index contributed by atoms with van der Waals surface area (Å²) in [5.74, 6) is 0. The minimum atomic E-state index is -1.18. The number of amides is 1. The molecule has 11 heteroatoms. The smallest absolute Gasteiger partial charge is 0.410 e. The lowest BCUT2D eigenvalue weighted by molar-refractivity contribution is 0.0139. The number of aromatic nitrogens is 4. The molecule has 2 fully saturated rings. The maximum absolute atomic E-state index is 12.5. The highest BCUT2D eigenvalue weighted by Gasteiger charge is 2.26. The SMILES string of the molecule is CCN1CCC(n2cc(/C=C/c3nn(COCC[Si](C)(C)C)c4ccc(-c5ccc(CN6CCN(C(=O)OC(C)(C)C)CC6)cc5)cc34)cn2)CC1. The van der Waals surface area contributed by atoms with Crippen molar-refractivity contribution in [2.24, 2.45) is 0 Å². The van der Waals surface area contributed by atoms with E-state index in [1.807, 2.05) is 36.5 Å². The predicted molar refractivity (Wildman–Crippen MR) is 214 cm³/mol. The molecule has 0 N–H and O–H groups in total. The number of ether oxygens (including phenoxy) is 2. The summed E-state index contributed by atoms with van der Waals surface area (Å²) in [5, 5.41) is 10.9. The van der Waals surface area contributed by atoms with E-state index in [1.54, 1.807) is 0 Å². The molecule has 2 saturated heterocycles. The van der Waals surface area contributed by atoms with E-state index in [4.69, 9.17) is 19.7 Å². The number of likely N-dealkylation sites (tertiary alicyclic amines) is 1. The molecule has 0 saturated carbocycles. The summed E-state index contributed by atoms with van der Waals surface area (Å²) in [6.07, 6.45) is 10.5. The van der Waals surface area contributed by atoms with Crippen molar-refractivity contribution in [2.45, 2.75) is 91.1 Å². The molecule has 2 aliphatic rings. The van der Waals surface area contributed by atoms with Gasteiger partial charge in [0, 0.05) is 77.6 Å². The van der Waals surface area contributed by atoms with Crippen molar-refractivity contribution in [3.05, 3.63) is 71.7 Å². The van der Waals surface area contributed by atoms with Crippen LogP contribution in [0.4, 0.5) is 4.79 Å². The average molecular weight is 726 g/mol. The number of carbonyl (C=O) groups excluding carboxylic acids is 1. The molecule has 0 aliphatic carbocycles. The molecule has 2 aliphatic heterocycles. The molecule has 0 spiro atoms. The third-order valence-corrected chi connectivity index (χ3v) is 11.8. The molecule has 0 bridgehead atoms. The van der Waals surface area contributed by atoms with Gasteiger partial charge < -0.3 is 19.3 Å². The summed E-state index contributed by atoms with van der Waals surface area (Å²) in [7, 11) is -1.18. The number of hydrogen-bond acceptors (Lipinski definition) is 7. The zero-order chi connectivity index (χ0) is 36.9. The van der Waals surface area contributed by atoms with Crippen LogP contribution in [0.3, 0.4) is 0 Å². The summed E-state index contributed by atoms with van der Waals surface area (Å²) in [5.41, 5.74) is 6.20. The van der Waals surface area contributed by atoms with Crippen molar-refractivity contribution < 1.29 is 14.3 Å². The lowest BCUT2D eigenvalue weighted by Crippen LogP contribution is -2.49. The van der Waals surface area contributed by atoms with E-state index in [-0.39, 0.29) is 6.09 Å². The van der Waals surface area contributed by atoms with Gasteiger partial charge in [0.25, 0.3) is 0 Å². The molecule has 0 radical (unpaired) electrons. The van der Waals surface area contributed by atoms with E-state index in [0.29, 0.717) is 25.9 Å². The largest absolute Gasteiger partial charge is 0.444 e. The first-order valence-electron chi connectivity index (χ1n) is 19.2. The zero-order valence-electron chi connectivity index (χ0n) is 32.5. The fourth-order valence-corrected chi connectivity index (χ4v) is 7.68. The van der Waals surface area contributed by atoms with Gasteiger partial charge in [0.1, 0.15) is 12.3 Å². The van der Waals surface area contributed by atoms with Crippen LogP contribution in [0, 0.1) is 0 Å². The molecule has 52 heavy (non-hydrogen) atoms. The maximum Gasteiger partial charge on any atom is 0.410 e. The lowest BCUT2D eigenvalue weighted by atomic mass is 10.0. The quantitative estimate of drug-likeness (QED) is 0.108. The number of benzene rings is 2. The van der Waals surface area contributed by atoms with Crippen molar-refractivity contribution in [2.75, 3.05) is 52.4 Å². The van der Waals surface area contributed by atoms with Crippen LogP contribution < -0.4 is 0 Å². The monoisotopic (exact) mass is 725 g/mol. The predicted octanol–water partition coefficient (Wildman–Crippen LogP) is 8.09. The molecule has 6 rings (SSSR count). The fourth-order valence-electron chi connectivity index (χ4n) is 6.92. The second-order valence-corrected chi connectivity index (χ2v) is 22.3. The van der Waals surface area contributed by atoms with Crippen LogP contribution >= 0.6 is 0 Å². The zero-order valence-corrected chi connectivity index (χ0v) is 33.5. The van der Waals surface area contributed by atoms with Gasteiger partial charge in [-0.15, -0.1) is 0 Å². The van der Waals surface area contributed by atoms with Crippen molar-refractivity contribution in [3.8, 4) is 11.1 Å². The number of hydrogen-bond donors (Lipinski definition) is 0. The van der Waals surface area contributed by atoms with Crippen molar-refractivity contribution >= 4 is 37.2 Å². The first kappa shape index (κ1) is 38.0. The molecule has 280 valence electrons. The topological polar surface area (TPSA) is 80.9 Å². The van der Waals surface area contributed by atoms with Crippen LogP contribution in [-0.4, -0.2) is 106 Å². The van der Waals surface area contributed by atoms with E-state index in [1.165, 1.54) is 11.1 Å². The summed E-state index contributed by atoms with van der Waals surface area (Å²) in [6.45, 7) is 23.6. The van der Waals surface area contributed by atoms with Gasteiger partial charge in [-0.25, -0.2) is 9.48 Å². The molecule has 4 heterocycles. The molecular formula is C41H59N7O3Si. The number of rotatable bonds is 12. The van der Waals surface area contributed by atoms with Gasteiger partial charge in [0.2, 0.25) is 0 Å². The Morgan fingerprint density at radius 1 is 0.923 bits per heavy atom. The Morgan fingerprint density at radius 3 is 2.31 bits per heavy atom. The van der Waals surface area contributed by atoms with Crippen LogP contribution in [0.1, 0.15) is 63.4 Å². The van der Waals surface area contributed by atoms with Crippen molar-refractivity contribution in [3.63, 3.8) is 0 Å². The Labute approximate surface area is 311 Å². The second-order valence-electron chi connectivity index (χ2n) is 16.7. The Morgan fingerprint density at radius 2 is 1.63 bits per heavy atom. The average Bonchev–Trinajstić information content (AvgIpc) is 3.73. The minimum Gasteiger partial charge on any atom is -0.444 e. The normalized spacial score (nSPS) is 17.1. The van der Waals surface area contributed by atoms with E-state index < -0.39 is 13.7 Å². The summed E-state index contributed by atoms with van der Waals surface area (Å²) in [4.78, 5) is 19.2. The Hall–Kier alpha value is -3.77. The van der Waals surface area contributed by atoms with Crippen LogP contribution in [0.15, 0.2) is 54.9 Å². The van der Waals surface area contributed by atoms with Crippen LogP contribution in [-0.2, 0) is 22.7 Å². The molecule has 2 aromatic carbocycles. The highest BCUT2D eigenvalue weighted by atomic mass is 28.3. The standard InChI is InChI=1S/C41H59N7O3Si/c1-8-44-19-17-36(18-20-44)47-30-33(28-42-47)11-15-38-37-27-35(14-16-39(37)48(43-38)31-50-25-26-52(5,6)7)34-12-9-32(10-13-34)29-45-21-23-46(24-22-45)40(49)51-41(2,3)4/h9-16,27-28,30,36H,8,17-26,29,31H2,1-7H3/b15-11+. The number of fused-ring (bicyclic) bond motifs is 1. The second kappa shape index (κ2) is 16.5. The summed E-state index contributed by atoms with van der Waals surface area (Å²) in [6, 6.07) is 17.1. The van der Waals surface area contributed by atoms with E-state index in [9.17, 15) is 4.79 Å². The lowest BCUT2D eigenvalue weighted by Gasteiger charge is -2.35. The van der Waals surface area contributed by atoms with Crippen molar-refractivity contribution in [1.29, 1.82) is 0 Å². The van der Waals surface area contributed by atoms with E-state index in [0.717, 1.165) is 92.5 Å². The van der Waals surface area contributed by atoms with Gasteiger partial charge >= 0.3 is 6.09 Å². The third-order valence-electron chi connectivity index (χ3n) is 10.1. The molecule has 4 aromatic rings. The summed E-state index contributed by atoms with van der Waals surface area (Å²) >= 11 is 0. The number of carbonyl (C=O) groups is 1. The first-order valence-corrected chi connectivity index (χ1v) is 22.9. The van der Waals surface area contributed by atoms with Gasteiger partial charge in [0.15, 0.2) is 0 Å². The molecule has 0 unspecified atom stereocenters. The van der Waals surface area contributed by atoms with Crippen molar-refractivity contribution in [1.82, 2.24) is 34.3 Å². The number of piperazine rings is 1. The minimum absolute atomic E-state index is 0.221. The highest BCUT2D eigenvalue weighted by molar-refractivity contribution is 6.76. The fraction of sp³-hybridized carbons (Fsp3) is 0.537. The Bertz CT molecular complexity index is 1800. The molecule has 1 amide bonds. The van der Waals surface area contributed by atoms with Gasteiger partial charge in [-0.2, -0.15) is 10.2 Å². The highest BCUT2D eigenvalue weighted by Crippen LogP contribution is 2.29. The van der Waals surface area contributed by atoms with E-state index in [2.05, 4.69) is 102 Å². The number of nitrogens with zero attached hydrogens (tertiary/aromatic N) is 7. The van der Waals surface area contributed by atoms with Crippen LogP contribution in [0.2, 0.25) is 25.7 Å². The van der Waals surface area contributed by atoms with Crippen LogP contribution in [0.5, 0.6) is 0 Å². The molecule has 10 nitrogen and oxygen atoms in total. The maximum atomic E-state index is 12.5. The van der Waals surface area contributed by atoms with Gasteiger partial charge in [-0.3, -0.25) is 9.58 Å². The molecule has 2 aromatic heterocycles. The van der Waals surface area contributed by atoms with Gasteiger partial charge in [-0.05, 0) is 87.2 Å². The number of piperidine rings is 1.